The molecule has 1 aliphatic carbocycles. The standard InChI is InChI=1S/C17H26N2O2/c1-2-11-18-15-9-5-4-8-14(15)17(21)19-12-13-7-3-6-10-16(13)20/h4-5,8-9,13,16,18,20H,2-3,6-7,10-12H2,1H3,(H,19,21). The molecule has 21 heavy (non-hydrogen) atoms. The number of nitrogens with one attached hydrogen (secondary N) is 2. The van der Waals surface area contributed by atoms with Crippen molar-refractivity contribution < 1.29 is 9.90 Å². The summed E-state index contributed by atoms with van der Waals surface area (Å²) in [5, 5.41) is 16.2. The Morgan fingerprint density at radius 2 is 2.05 bits per heavy atom. The Morgan fingerprint density at radius 1 is 1.29 bits per heavy atom. The molecular formula is C17H26N2O2. The molecule has 4 nitrogen and oxygen atoms in total. The Bertz CT molecular complexity index is 462. The molecule has 0 bridgehead atoms. The number of hydrogen-bond donors (Lipinski definition) is 3. The molecule has 1 aromatic carbocycles. The lowest BCUT2D eigenvalue weighted by molar-refractivity contribution is 0.0663. The second-order valence-corrected chi connectivity index (χ2v) is 5.79. The van der Waals surface area contributed by atoms with Crippen molar-refractivity contribution in [3.8, 4) is 0 Å². The van der Waals surface area contributed by atoms with E-state index in [0.717, 1.165) is 44.3 Å². The van der Waals surface area contributed by atoms with Crippen LogP contribution in [0, 0.1) is 5.92 Å². The minimum Gasteiger partial charge on any atom is -0.393 e. The lowest BCUT2D eigenvalue weighted by Gasteiger charge is -2.27. The smallest absolute Gasteiger partial charge is 0.253 e. The molecule has 116 valence electrons. The largest absolute Gasteiger partial charge is 0.393 e. The van der Waals surface area contributed by atoms with Gasteiger partial charge in [0.05, 0.1) is 11.7 Å². The fourth-order valence-corrected chi connectivity index (χ4v) is 2.84. The molecule has 0 aliphatic heterocycles. The molecule has 3 N–H and O–H groups in total. The highest BCUT2D eigenvalue weighted by Gasteiger charge is 2.23. The van der Waals surface area contributed by atoms with E-state index in [1.807, 2.05) is 24.3 Å². The third-order valence-corrected chi connectivity index (χ3v) is 4.13. The quantitative estimate of drug-likeness (QED) is 0.755. The fourth-order valence-electron chi connectivity index (χ4n) is 2.84. The Balaban J connectivity index is 1.93. The number of aliphatic hydroxyl groups is 1. The normalized spacial score (nSPS) is 21.8. The Kier molecular flexibility index (Phi) is 6.05. The van der Waals surface area contributed by atoms with Gasteiger partial charge in [-0.2, -0.15) is 0 Å². The third kappa shape index (κ3) is 4.46. The number of para-hydroxylation sites is 1. The van der Waals surface area contributed by atoms with Crippen LogP contribution in [0.2, 0.25) is 0 Å². The van der Waals surface area contributed by atoms with Crippen LogP contribution >= 0.6 is 0 Å². The van der Waals surface area contributed by atoms with Crippen LogP contribution in [0.15, 0.2) is 24.3 Å². The van der Waals surface area contributed by atoms with E-state index in [1.165, 1.54) is 0 Å². The van der Waals surface area contributed by atoms with Gasteiger partial charge in [0.2, 0.25) is 0 Å². The summed E-state index contributed by atoms with van der Waals surface area (Å²) >= 11 is 0. The maximum atomic E-state index is 12.3. The number of carbonyl (C=O) groups is 1. The van der Waals surface area contributed by atoms with Crippen molar-refractivity contribution in [2.45, 2.75) is 45.1 Å². The van der Waals surface area contributed by atoms with E-state index in [0.29, 0.717) is 12.1 Å². The van der Waals surface area contributed by atoms with E-state index in [9.17, 15) is 9.90 Å². The number of hydrogen-bond acceptors (Lipinski definition) is 3. The summed E-state index contributed by atoms with van der Waals surface area (Å²) in [6.45, 7) is 3.51. The van der Waals surface area contributed by atoms with Gasteiger partial charge in [0.25, 0.3) is 5.91 Å². The SMILES string of the molecule is CCCNc1ccccc1C(=O)NCC1CCCCC1O. The van der Waals surface area contributed by atoms with Gasteiger partial charge in [0, 0.05) is 24.7 Å². The molecule has 0 spiro atoms. The van der Waals surface area contributed by atoms with E-state index in [-0.39, 0.29) is 17.9 Å². The molecule has 1 fully saturated rings. The van der Waals surface area contributed by atoms with Crippen molar-refractivity contribution in [2.24, 2.45) is 5.92 Å². The minimum absolute atomic E-state index is 0.0630. The van der Waals surface area contributed by atoms with Crippen molar-refractivity contribution in [1.29, 1.82) is 0 Å². The first-order valence-electron chi connectivity index (χ1n) is 8.01. The van der Waals surface area contributed by atoms with Crippen LogP contribution in [-0.4, -0.2) is 30.2 Å². The zero-order valence-electron chi connectivity index (χ0n) is 12.8. The number of anilines is 1. The molecule has 1 aliphatic rings. The molecular weight excluding hydrogens is 264 g/mol. The molecule has 1 amide bonds. The summed E-state index contributed by atoms with van der Waals surface area (Å²) < 4.78 is 0. The monoisotopic (exact) mass is 290 g/mol. The van der Waals surface area contributed by atoms with E-state index in [2.05, 4.69) is 17.6 Å². The Morgan fingerprint density at radius 3 is 2.81 bits per heavy atom. The molecule has 4 heteroatoms. The van der Waals surface area contributed by atoms with Crippen LogP contribution in [0.25, 0.3) is 0 Å². The van der Waals surface area contributed by atoms with Gasteiger partial charge >= 0.3 is 0 Å². The maximum Gasteiger partial charge on any atom is 0.253 e. The molecule has 1 aromatic rings. The highest BCUT2D eigenvalue weighted by molar-refractivity contribution is 5.99. The molecule has 0 radical (unpaired) electrons. The van der Waals surface area contributed by atoms with Crippen LogP contribution in [0.5, 0.6) is 0 Å². The van der Waals surface area contributed by atoms with Gasteiger partial charge in [0.15, 0.2) is 0 Å². The summed E-state index contributed by atoms with van der Waals surface area (Å²) in [6.07, 6.45) is 4.84. The van der Waals surface area contributed by atoms with Crippen molar-refractivity contribution in [2.75, 3.05) is 18.4 Å². The summed E-state index contributed by atoms with van der Waals surface area (Å²) in [4.78, 5) is 12.3. The van der Waals surface area contributed by atoms with Crippen LogP contribution in [0.1, 0.15) is 49.4 Å². The van der Waals surface area contributed by atoms with E-state index in [1.54, 1.807) is 0 Å². The number of amides is 1. The Hall–Kier alpha value is -1.55. The maximum absolute atomic E-state index is 12.3. The van der Waals surface area contributed by atoms with Crippen LogP contribution in [-0.2, 0) is 0 Å². The van der Waals surface area contributed by atoms with Gasteiger partial charge in [-0.3, -0.25) is 4.79 Å². The van der Waals surface area contributed by atoms with E-state index in [4.69, 9.17) is 0 Å². The fraction of sp³-hybridized carbons (Fsp3) is 0.588. The number of carbonyl (C=O) groups excluding carboxylic acids is 1. The molecule has 0 heterocycles. The van der Waals surface area contributed by atoms with E-state index < -0.39 is 0 Å². The summed E-state index contributed by atoms with van der Waals surface area (Å²) in [5.74, 6) is 0.130. The van der Waals surface area contributed by atoms with Crippen LogP contribution < -0.4 is 10.6 Å². The lowest BCUT2D eigenvalue weighted by atomic mass is 9.86. The van der Waals surface area contributed by atoms with Gasteiger partial charge in [0.1, 0.15) is 0 Å². The van der Waals surface area contributed by atoms with Gasteiger partial charge in [-0.15, -0.1) is 0 Å². The highest BCUT2D eigenvalue weighted by atomic mass is 16.3. The molecule has 2 unspecified atom stereocenters. The topological polar surface area (TPSA) is 61.4 Å². The summed E-state index contributed by atoms with van der Waals surface area (Å²) in [5.41, 5.74) is 1.55. The van der Waals surface area contributed by atoms with Crippen molar-refractivity contribution in [1.82, 2.24) is 5.32 Å². The first-order chi connectivity index (χ1) is 10.2. The number of benzene rings is 1. The molecule has 1 saturated carbocycles. The molecule has 0 saturated heterocycles. The zero-order valence-corrected chi connectivity index (χ0v) is 12.8. The molecule has 2 rings (SSSR count). The van der Waals surface area contributed by atoms with Crippen molar-refractivity contribution in [3.05, 3.63) is 29.8 Å². The van der Waals surface area contributed by atoms with Gasteiger partial charge in [-0.05, 0) is 31.4 Å². The third-order valence-electron chi connectivity index (χ3n) is 4.13. The van der Waals surface area contributed by atoms with E-state index >= 15 is 0 Å². The highest BCUT2D eigenvalue weighted by Crippen LogP contribution is 2.24. The molecule has 0 aromatic heterocycles. The predicted molar refractivity (Wildman–Crippen MR) is 85.5 cm³/mol. The molecule has 2 atom stereocenters. The Labute approximate surface area is 126 Å². The lowest BCUT2D eigenvalue weighted by Crippen LogP contribution is -2.36. The second kappa shape index (κ2) is 8.03. The summed E-state index contributed by atoms with van der Waals surface area (Å²) in [6, 6.07) is 7.58. The van der Waals surface area contributed by atoms with Gasteiger partial charge in [-0.1, -0.05) is 31.9 Å². The van der Waals surface area contributed by atoms with Crippen molar-refractivity contribution in [3.63, 3.8) is 0 Å². The number of aliphatic hydroxyl groups excluding tert-OH is 1. The average Bonchev–Trinajstić information content (AvgIpc) is 2.52. The minimum atomic E-state index is -0.271. The zero-order chi connectivity index (χ0) is 15.1. The predicted octanol–water partition coefficient (Wildman–Crippen LogP) is 2.79. The first-order valence-corrected chi connectivity index (χ1v) is 8.01. The first kappa shape index (κ1) is 15.8. The van der Waals surface area contributed by atoms with Gasteiger partial charge < -0.3 is 15.7 Å². The number of rotatable bonds is 6. The van der Waals surface area contributed by atoms with Crippen LogP contribution in [0.3, 0.4) is 0 Å². The average molecular weight is 290 g/mol. The second-order valence-electron chi connectivity index (χ2n) is 5.79. The van der Waals surface area contributed by atoms with Gasteiger partial charge in [-0.25, -0.2) is 0 Å². The summed E-state index contributed by atoms with van der Waals surface area (Å²) in [7, 11) is 0. The van der Waals surface area contributed by atoms with Crippen LogP contribution in [0.4, 0.5) is 5.69 Å². The van der Waals surface area contributed by atoms with Crippen molar-refractivity contribution >= 4 is 11.6 Å².